The van der Waals surface area contributed by atoms with E-state index in [9.17, 15) is 9.59 Å². The van der Waals surface area contributed by atoms with Gasteiger partial charge in [-0.25, -0.2) is 9.79 Å². The molecule has 1 N–H and O–H groups in total. The highest BCUT2D eigenvalue weighted by Crippen LogP contribution is 2.46. The maximum atomic E-state index is 13.3. The number of carbonyl (C=O) groups is 2. The molecule has 4 rings (SSSR count). The molecule has 3 aliphatic heterocycles. The molecule has 0 radical (unpaired) electrons. The molecule has 3 heterocycles. The zero-order valence-corrected chi connectivity index (χ0v) is 22.4. The van der Waals surface area contributed by atoms with Crippen molar-refractivity contribution in [2.75, 3.05) is 47.7 Å². The number of carbonyl (C=O) groups excluding carboxylic acids is 2. The predicted molar refractivity (Wildman–Crippen MR) is 139 cm³/mol. The number of rotatable bonds is 11. The summed E-state index contributed by atoms with van der Waals surface area (Å²) in [6, 6.07) is 4.93. The van der Waals surface area contributed by atoms with E-state index in [2.05, 4.69) is 10.3 Å². The number of benzene rings is 1. The van der Waals surface area contributed by atoms with Gasteiger partial charge in [-0.2, -0.15) is 0 Å². The number of nitrogens with zero attached hydrogens (tertiary/aromatic N) is 2. The highest BCUT2D eigenvalue weighted by Gasteiger charge is 2.41. The Labute approximate surface area is 221 Å². The minimum atomic E-state index is -0.574. The lowest BCUT2D eigenvalue weighted by molar-refractivity contribution is -0.141. The number of allylic oxidation sites excluding steroid dienone is 1. The molecule has 3 aliphatic rings. The van der Waals surface area contributed by atoms with Crippen LogP contribution in [0.25, 0.3) is 0 Å². The van der Waals surface area contributed by atoms with Crippen LogP contribution in [0.3, 0.4) is 0 Å². The molecule has 10 nitrogen and oxygen atoms in total. The summed E-state index contributed by atoms with van der Waals surface area (Å²) in [5, 5.41) is 5.57. The Kier molecular flexibility index (Phi) is 9.12. The molecular weight excluding hydrogens is 498 g/mol. The normalized spacial score (nSPS) is 20.8. The molecule has 1 aromatic carbocycles. The molecule has 11 heteroatoms. The Morgan fingerprint density at radius 2 is 2.00 bits per heavy atom. The minimum Gasteiger partial charge on any atom is -0.493 e. The Bertz CT molecular complexity index is 1110. The molecule has 0 unspecified atom stereocenters. The maximum Gasteiger partial charge on any atom is 0.338 e. The van der Waals surface area contributed by atoms with Crippen molar-refractivity contribution >= 4 is 28.8 Å². The van der Waals surface area contributed by atoms with Crippen molar-refractivity contribution in [3.8, 4) is 11.5 Å². The SMILES string of the molecule is COCCOC(=O)C1=C(C)N=C2SC=C(CC(=O)NC[C@H]3CCCO3)N2[C@@H]1c1ccc(OC)c(OC)c1. The van der Waals surface area contributed by atoms with Crippen molar-refractivity contribution < 1.29 is 33.3 Å². The highest BCUT2D eigenvalue weighted by molar-refractivity contribution is 8.16. The number of nitrogens with one attached hydrogen (secondary N) is 1. The van der Waals surface area contributed by atoms with Crippen LogP contribution in [-0.4, -0.2) is 75.7 Å². The van der Waals surface area contributed by atoms with E-state index in [4.69, 9.17) is 23.7 Å². The van der Waals surface area contributed by atoms with Crippen molar-refractivity contribution in [1.82, 2.24) is 10.2 Å². The van der Waals surface area contributed by atoms with Crippen molar-refractivity contribution in [2.45, 2.75) is 38.3 Å². The van der Waals surface area contributed by atoms with Crippen molar-refractivity contribution in [3.05, 3.63) is 46.1 Å². The lowest BCUT2D eigenvalue weighted by Crippen LogP contribution is -2.39. The number of hydrogen-bond acceptors (Lipinski definition) is 10. The topological polar surface area (TPSA) is 108 Å². The number of fused-ring (bicyclic) bond motifs is 1. The smallest absolute Gasteiger partial charge is 0.338 e. The Hall–Kier alpha value is -3.02. The van der Waals surface area contributed by atoms with E-state index < -0.39 is 12.0 Å². The van der Waals surface area contributed by atoms with E-state index >= 15 is 0 Å². The van der Waals surface area contributed by atoms with E-state index in [0.717, 1.165) is 30.7 Å². The second-order valence-corrected chi connectivity index (χ2v) is 9.59. The molecule has 0 bridgehead atoms. The van der Waals surface area contributed by atoms with Crippen LogP contribution in [0.5, 0.6) is 11.5 Å². The quantitative estimate of drug-likeness (QED) is 0.340. The fourth-order valence-corrected chi connectivity index (χ4v) is 5.49. The molecule has 1 amide bonds. The third-order valence-corrected chi connectivity index (χ3v) is 7.25. The predicted octanol–water partition coefficient (Wildman–Crippen LogP) is 3.15. The van der Waals surface area contributed by atoms with E-state index in [1.807, 2.05) is 22.4 Å². The summed E-state index contributed by atoms with van der Waals surface area (Å²) in [6.07, 6.45) is 2.15. The number of amides is 1. The molecule has 0 saturated carbocycles. The minimum absolute atomic E-state index is 0.0570. The maximum absolute atomic E-state index is 13.3. The van der Waals surface area contributed by atoms with Crippen molar-refractivity contribution in [1.29, 1.82) is 0 Å². The van der Waals surface area contributed by atoms with Crippen LogP contribution in [0, 0.1) is 0 Å². The van der Waals surface area contributed by atoms with E-state index in [-0.39, 0.29) is 31.6 Å². The lowest BCUT2D eigenvalue weighted by Gasteiger charge is -2.36. The first kappa shape index (κ1) is 27.0. The number of esters is 1. The molecule has 0 aliphatic carbocycles. The van der Waals surface area contributed by atoms with Gasteiger partial charge in [0.2, 0.25) is 5.91 Å². The molecule has 0 aromatic heterocycles. The third-order valence-electron chi connectivity index (χ3n) is 6.36. The van der Waals surface area contributed by atoms with Crippen LogP contribution in [0.15, 0.2) is 45.6 Å². The molecule has 200 valence electrons. The van der Waals surface area contributed by atoms with Crippen LogP contribution < -0.4 is 14.8 Å². The van der Waals surface area contributed by atoms with Gasteiger partial charge in [0.1, 0.15) is 6.61 Å². The van der Waals surface area contributed by atoms with Crippen LogP contribution in [0.4, 0.5) is 0 Å². The number of aliphatic imine (C=N–C) groups is 1. The zero-order chi connectivity index (χ0) is 26.4. The second kappa shape index (κ2) is 12.5. The van der Waals surface area contributed by atoms with E-state index in [0.29, 0.717) is 34.5 Å². The molecule has 2 atom stereocenters. The Morgan fingerprint density at radius 1 is 1.19 bits per heavy atom. The first-order valence-corrected chi connectivity index (χ1v) is 13.1. The van der Waals surface area contributed by atoms with Crippen molar-refractivity contribution in [2.24, 2.45) is 4.99 Å². The molecule has 1 aromatic rings. The number of thioether (sulfide) groups is 1. The summed E-state index contributed by atoms with van der Waals surface area (Å²) >= 11 is 1.42. The van der Waals surface area contributed by atoms with Crippen LogP contribution in [0.2, 0.25) is 0 Å². The number of amidine groups is 1. The van der Waals surface area contributed by atoms with Gasteiger partial charge in [0.15, 0.2) is 16.7 Å². The lowest BCUT2D eigenvalue weighted by atomic mass is 9.93. The van der Waals surface area contributed by atoms with Crippen LogP contribution >= 0.6 is 11.8 Å². The highest BCUT2D eigenvalue weighted by atomic mass is 32.2. The molecule has 0 spiro atoms. The average Bonchev–Trinajstić information content (AvgIpc) is 3.56. The third kappa shape index (κ3) is 6.11. The summed E-state index contributed by atoms with van der Waals surface area (Å²) in [4.78, 5) is 32.8. The monoisotopic (exact) mass is 531 g/mol. The first-order chi connectivity index (χ1) is 18.0. The van der Waals surface area contributed by atoms with Gasteiger partial charge in [-0.15, -0.1) is 0 Å². The van der Waals surface area contributed by atoms with Gasteiger partial charge in [-0.05, 0) is 42.9 Å². The van der Waals surface area contributed by atoms with Crippen molar-refractivity contribution in [3.63, 3.8) is 0 Å². The fraction of sp³-hybridized carbons (Fsp3) is 0.500. The molecular formula is C26H33N3O7S. The van der Waals surface area contributed by atoms with Gasteiger partial charge in [0.05, 0.1) is 50.7 Å². The summed E-state index contributed by atoms with van der Waals surface area (Å²) in [5.74, 6) is 0.489. The molecule has 1 saturated heterocycles. The number of hydrogen-bond donors (Lipinski definition) is 1. The summed E-state index contributed by atoms with van der Waals surface area (Å²) in [5.41, 5.74) is 2.46. The Morgan fingerprint density at radius 3 is 2.70 bits per heavy atom. The standard InChI is InChI=1S/C26H33N3O7S/c1-16-23(25(31)36-11-10-32-2)24(17-7-8-20(33-3)21(12-17)34-4)29-18(15-37-26(29)28-16)13-22(30)27-14-19-6-5-9-35-19/h7-8,12,15,19,24H,5-6,9-11,13-14H2,1-4H3,(H,27,30)/t19-,24-/m1/s1. The van der Waals surface area contributed by atoms with Gasteiger partial charge in [-0.1, -0.05) is 17.8 Å². The van der Waals surface area contributed by atoms with Gasteiger partial charge in [0.25, 0.3) is 0 Å². The largest absolute Gasteiger partial charge is 0.493 e. The molecule has 37 heavy (non-hydrogen) atoms. The number of methoxy groups -OCH3 is 3. The van der Waals surface area contributed by atoms with E-state index in [1.165, 1.54) is 11.8 Å². The van der Waals surface area contributed by atoms with E-state index in [1.54, 1.807) is 34.3 Å². The fourth-order valence-electron chi connectivity index (χ4n) is 4.52. The zero-order valence-electron chi connectivity index (χ0n) is 21.6. The first-order valence-electron chi connectivity index (χ1n) is 12.2. The molecule has 1 fully saturated rings. The summed E-state index contributed by atoms with van der Waals surface area (Å²) in [6.45, 7) is 3.40. The van der Waals surface area contributed by atoms with Gasteiger partial charge in [-0.3, -0.25) is 4.79 Å². The summed E-state index contributed by atoms with van der Waals surface area (Å²) < 4.78 is 27.1. The number of ether oxygens (including phenoxy) is 5. The van der Waals surface area contributed by atoms with Crippen LogP contribution in [-0.2, 0) is 23.8 Å². The average molecular weight is 532 g/mol. The summed E-state index contributed by atoms with van der Waals surface area (Å²) in [7, 11) is 4.68. The van der Waals surface area contributed by atoms with Gasteiger partial charge < -0.3 is 33.9 Å². The Balaban J connectivity index is 1.64. The van der Waals surface area contributed by atoms with Gasteiger partial charge in [0, 0.05) is 26.0 Å². The van der Waals surface area contributed by atoms with Gasteiger partial charge >= 0.3 is 5.97 Å². The second-order valence-electron chi connectivity index (χ2n) is 8.75. The van der Waals surface area contributed by atoms with Crippen LogP contribution in [0.1, 0.15) is 37.8 Å².